The molecule has 0 aliphatic rings. The van der Waals surface area contributed by atoms with Gasteiger partial charge in [-0.2, -0.15) is 0 Å². The summed E-state index contributed by atoms with van der Waals surface area (Å²) in [6, 6.07) is 0. The van der Waals surface area contributed by atoms with E-state index in [1.807, 2.05) is 0 Å². The molecule has 0 heterocycles. The Balaban J connectivity index is 4.23. The maximum Gasteiger partial charge on any atom is 0.332 e. The molecule has 0 saturated carbocycles. The van der Waals surface area contributed by atoms with E-state index in [0.29, 0.717) is 6.61 Å². The van der Waals surface area contributed by atoms with Crippen LogP contribution in [0.1, 0.15) is 27.7 Å². The zero-order valence-corrected chi connectivity index (χ0v) is 10.8. The molecule has 0 radical (unpaired) electrons. The van der Waals surface area contributed by atoms with Gasteiger partial charge in [0.15, 0.2) is 0 Å². The minimum absolute atomic E-state index is 0.0802. The van der Waals surface area contributed by atoms with Crippen molar-refractivity contribution in [3.05, 3.63) is 12.3 Å². The molecule has 0 aliphatic carbocycles. The minimum Gasteiger partial charge on any atom is -0.463 e. The Morgan fingerprint density at radius 1 is 1.47 bits per heavy atom. The van der Waals surface area contributed by atoms with E-state index in [-0.39, 0.29) is 18.4 Å². The van der Waals surface area contributed by atoms with Crippen molar-refractivity contribution in [3.8, 4) is 0 Å². The van der Waals surface area contributed by atoms with Gasteiger partial charge in [0.25, 0.3) is 0 Å². The first-order chi connectivity index (χ1) is 7.85. The van der Waals surface area contributed by atoms with Crippen LogP contribution >= 0.6 is 0 Å². The lowest BCUT2D eigenvalue weighted by Gasteiger charge is -2.27. The number of amides is 1. The average molecular weight is 243 g/mol. The summed E-state index contributed by atoms with van der Waals surface area (Å²) in [5.74, 6) is -1.11. The van der Waals surface area contributed by atoms with Crippen LogP contribution in [0.2, 0.25) is 0 Å². The van der Waals surface area contributed by atoms with Crippen molar-refractivity contribution in [1.82, 2.24) is 5.32 Å². The maximum atomic E-state index is 11.7. The summed E-state index contributed by atoms with van der Waals surface area (Å²) in [6.45, 7) is 7.24. The number of rotatable bonds is 6. The van der Waals surface area contributed by atoms with Gasteiger partial charge < -0.3 is 15.2 Å². The number of hydrogen-bond acceptors (Lipinski definition) is 4. The first kappa shape index (κ1) is 15.6. The molecule has 0 aromatic carbocycles. The fourth-order valence-corrected chi connectivity index (χ4v) is 0.999. The highest BCUT2D eigenvalue weighted by atomic mass is 16.5. The van der Waals surface area contributed by atoms with Crippen LogP contribution in [0.3, 0.4) is 0 Å². The normalized spacial score (nSPS) is 13.5. The number of ether oxygens (including phenoxy) is 1. The molecule has 1 unspecified atom stereocenters. The molecule has 1 amide bonds. The number of carbonyl (C=O) groups excluding carboxylic acids is 2. The Morgan fingerprint density at radius 2 is 2.06 bits per heavy atom. The van der Waals surface area contributed by atoms with Gasteiger partial charge in [-0.05, 0) is 12.3 Å². The average Bonchev–Trinajstić information content (AvgIpc) is 2.28. The van der Waals surface area contributed by atoms with Gasteiger partial charge in [0, 0.05) is 24.8 Å². The second kappa shape index (κ2) is 7.06. The van der Waals surface area contributed by atoms with Crippen LogP contribution < -0.4 is 5.32 Å². The summed E-state index contributed by atoms with van der Waals surface area (Å²) >= 11 is 0. The molecular weight excluding hydrogens is 222 g/mol. The Bertz CT molecular complexity index is 297. The molecule has 17 heavy (non-hydrogen) atoms. The van der Waals surface area contributed by atoms with Gasteiger partial charge in [-0.1, -0.05) is 20.8 Å². The molecule has 0 aromatic rings. The number of hydrogen-bond donors (Lipinski definition) is 2. The molecule has 1 atom stereocenters. The van der Waals surface area contributed by atoms with E-state index in [1.165, 1.54) is 6.20 Å². The molecule has 5 nitrogen and oxygen atoms in total. The predicted octanol–water partition coefficient (Wildman–Crippen LogP) is 0.834. The van der Waals surface area contributed by atoms with Crippen molar-refractivity contribution >= 4 is 11.9 Å². The summed E-state index contributed by atoms with van der Waals surface area (Å²) in [5.41, 5.74) is -0.498. The van der Waals surface area contributed by atoms with Crippen molar-refractivity contribution in [2.75, 3.05) is 13.2 Å². The third-order valence-electron chi connectivity index (χ3n) is 2.70. The third kappa shape index (κ3) is 5.49. The van der Waals surface area contributed by atoms with E-state index < -0.39 is 11.4 Å². The lowest BCUT2D eigenvalue weighted by molar-refractivity contribution is -0.137. The maximum absolute atomic E-state index is 11.7. The van der Waals surface area contributed by atoms with Gasteiger partial charge >= 0.3 is 5.97 Å². The van der Waals surface area contributed by atoms with Gasteiger partial charge in [0.05, 0.1) is 6.61 Å². The highest BCUT2D eigenvalue weighted by molar-refractivity contribution is 5.84. The van der Waals surface area contributed by atoms with Crippen molar-refractivity contribution in [2.24, 2.45) is 11.3 Å². The van der Waals surface area contributed by atoms with E-state index in [1.54, 1.807) is 27.7 Å². The Morgan fingerprint density at radius 3 is 2.53 bits per heavy atom. The lowest BCUT2D eigenvalue weighted by atomic mass is 9.80. The van der Waals surface area contributed by atoms with E-state index in [0.717, 1.165) is 6.08 Å². The molecule has 0 spiro atoms. The highest BCUT2D eigenvalue weighted by Crippen LogP contribution is 2.25. The van der Waals surface area contributed by atoms with Crippen molar-refractivity contribution < 1.29 is 19.4 Å². The van der Waals surface area contributed by atoms with Crippen LogP contribution in [0.4, 0.5) is 0 Å². The molecular formula is C12H21NO4. The second-order valence-corrected chi connectivity index (χ2v) is 4.46. The predicted molar refractivity (Wildman–Crippen MR) is 63.9 cm³/mol. The fraction of sp³-hybridized carbons (Fsp3) is 0.667. The summed E-state index contributed by atoms with van der Waals surface area (Å²) < 4.78 is 4.66. The minimum atomic E-state index is -0.498. The quantitative estimate of drug-likeness (QED) is 0.535. The van der Waals surface area contributed by atoms with Crippen LogP contribution in [0.25, 0.3) is 0 Å². The molecule has 0 rings (SSSR count). The van der Waals surface area contributed by atoms with Crippen molar-refractivity contribution in [1.29, 1.82) is 0 Å². The number of aliphatic hydroxyl groups excluding tert-OH is 1. The first-order valence-electron chi connectivity index (χ1n) is 5.59. The third-order valence-corrected chi connectivity index (χ3v) is 2.70. The summed E-state index contributed by atoms with van der Waals surface area (Å²) in [4.78, 5) is 22.6. The Hall–Kier alpha value is -1.36. The standard InChI is InChI=1S/C12H21NO4/c1-5-17-10(15)6-7-13-11(16)9(2)12(3,4)8-14/h6-7,9,14H,5,8H2,1-4H3,(H,13,16). The number of carbonyl (C=O) groups is 2. The van der Waals surface area contributed by atoms with Gasteiger partial charge in [-0.15, -0.1) is 0 Å². The van der Waals surface area contributed by atoms with Gasteiger partial charge in [0.2, 0.25) is 5.91 Å². The number of aliphatic hydroxyl groups is 1. The number of esters is 1. The highest BCUT2D eigenvalue weighted by Gasteiger charge is 2.30. The van der Waals surface area contributed by atoms with Crippen LogP contribution in [-0.2, 0) is 14.3 Å². The largest absolute Gasteiger partial charge is 0.463 e. The monoisotopic (exact) mass is 243 g/mol. The van der Waals surface area contributed by atoms with Gasteiger partial charge in [0.1, 0.15) is 0 Å². The van der Waals surface area contributed by atoms with Crippen LogP contribution in [-0.4, -0.2) is 30.2 Å². The van der Waals surface area contributed by atoms with Crippen molar-refractivity contribution in [3.63, 3.8) is 0 Å². The van der Waals surface area contributed by atoms with Crippen molar-refractivity contribution in [2.45, 2.75) is 27.7 Å². The van der Waals surface area contributed by atoms with Crippen LogP contribution in [0.5, 0.6) is 0 Å². The fourth-order valence-electron chi connectivity index (χ4n) is 0.999. The zero-order valence-electron chi connectivity index (χ0n) is 10.8. The van der Waals surface area contributed by atoms with E-state index in [9.17, 15) is 9.59 Å². The Labute approximate surface area is 102 Å². The summed E-state index contributed by atoms with van der Waals surface area (Å²) in [7, 11) is 0. The molecule has 0 saturated heterocycles. The molecule has 0 aliphatic heterocycles. The SMILES string of the molecule is CCOC(=O)C=CNC(=O)C(C)C(C)(C)CO. The molecule has 98 valence electrons. The molecule has 0 aromatic heterocycles. The van der Waals surface area contributed by atoms with E-state index in [2.05, 4.69) is 10.1 Å². The van der Waals surface area contributed by atoms with Crippen LogP contribution in [0.15, 0.2) is 12.3 Å². The van der Waals surface area contributed by atoms with Crippen LogP contribution in [0, 0.1) is 11.3 Å². The van der Waals surface area contributed by atoms with Gasteiger partial charge in [-0.25, -0.2) is 4.79 Å². The lowest BCUT2D eigenvalue weighted by Crippen LogP contribution is -2.37. The molecule has 0 fully saturated rings. The van der Waals surface area contributed by atoms with Gasteiger partial charge in [-0.3, -0.25) is 4.79 Å². The second-order valence-electron chi connectivity index (χ2n) is 4.46. The smallest absolute Gasteiger partial charge is 0.332 e. The molecule has 5 heteroatoms. The number of nitrogens with one attached hydrogen (secondary N) is 1. The van der Waals surface area contributed by atoms with E-state index >= 15 is 0 Å². The zero-order chi connectivity index (χ0) is 13.5. The molecule has 0 bridgehead atoms. The molecule has 2 N–H and O–H groups in total. The Kier molecular flexibility index (Phi) is 6.50. The first-order valence-corrected chi connectivity index (χ1v) is 5.59. The summed E-state index contributed by atoms with van der Waals surface area (Å²) in [6.07, 6.45) is 2.41. The topological polar surface area (TPSA) is 75.6 Å². The van der Waals surface area contributed by atoms with E-state index in [4.69, 9.17) is 5.11 Å². The summed E-state index contributed by atoms with van der Waals surface area (Å²) in [5, 5.41) is 11.6.